The Morgan fingerprint density at radius 1 is 0.382 bits per heavy atom. The summed E-state index contributed by atoms with van der Waals surface area (Å²) >= 11 is 0. The lowest BCUT2D eigenvalue weighted by atomic mass is 9.98. The van der Waals surface area contributed by atoms with Crippen molar-refractivity contribution in [3.8, 4) is 17.2 Å². The number of hydrogen-bond acceptors (Lipinski definition) is 4. The van der Waals surface area contributed by atoms with Gasteiger partial charge >= 0.3 is 0 Å². The first-order valence-corrected chi connectivity index (χ1v) is 18.6. The Morgan fingerprint density at radius 2 is 0.945 bits per heavy atom. The van der Waals surface area contributed by atoms with E-state index in [4.69, 9.17) is 18.8 Å². The number of benzene rings is 9. The lowest BCUT2D eigenvalue weighted by molar-refractivity contribution is 0.666. The van der Waals surface area contributed by atoms with Crippen LogP contribution in [0.25, 0.3) is 126 Å². The topological polar surface area (TPSA) is 57.0 Å². The van der Waals surface area contributed by atoms with Crippen LogP contribution in [-0.4, -0.2) is 14.5 Å². The monoisotopic (exact) mass is 701 g/mol. The third-order valence-corrected chi connectivity index (χ3v) is 11.6. The second kappa shape index (κ2) is 10.6. The molecule has 0 amide bonds. The van der Waals surface area contributed by atoms with Gasteiger partial charge in [0, 0.05) is 37.9 Å². The first-order valence-electron chi connectivity index (χ1n) is 18.6. The van der Waals surface area contributed by atoms with Crippen LogP contribution in [0.5, 0.6) is 0 Å². The molecule has 0 spiro atoms. The van der Waals surface area contributed by atoms with Gasteiger partial charge in [-0.1, -0.05) is 140 Å². The van der Waals surface area contributed by atoms with Crippen LogP contribution in [0.15, 0.2) is 173 Å². The molecule has 13 aromatic rings. The number of fused-ring (bicyclic) bond motifs is 18. The fourth-order valence-electron chi connectivity index (χ4n) is 9.16. The molecule has 0 N–H and O–H groups in total. The van der Waals surface area contributed by atoms with E-state index < -0.39 is 0 Å². The minimum atomic E-state index is 0.556. The summed E-state index contributed by atoms with van der Waals surface area (Å²) in [5.74, 6) is 0.556. The molecule has 0 aliphatic rings. The van der Waals surface area contributed by atoms with Crippen molar-refractivity contribution < 1.29 is 8.83 Å². The quantitative estimate of drug-likeness (QED) is 0.168. The largest absolute Gasteiger partial charge is 0.454 e. The molecular formula is C50H27N3O2. The minimum absolute atomic E-state index is 0.556. The summed E-state index contributed by atoms with van der Waals surface area (Å²) in [6.07, 6.45) is 0. The molecule has 13 rings (SSSR count). The molecule has 9 aromatic carbocycles. The average molecular weight is 702 g/mol. The number of aromatic nitrogens is 3. The summed E-state index contributed by atoms with van der Waals surface area (Å²) in [5.41, 5.74) is 7.54. The van der Waals surface area contributed by atoms with Crippen LogP contribution in [0.2, 0.25) is 0 Å². The molecule has 4 heterocycles. The zero-order chi connectivity index (χ0) is 35.8. The predicted octanol–water partition coefficient (Wildman–Crippen LogP) is 13.7. The molecule has 0 aliphatic carbocycles. The Balaban J connectivity index is 1.26. The third kappa shape index (κ3) is 3.86. The van der Waals surface area contributed by atoms with Crippen LogP contribution in [0.4, 0.5) is 0 Å². The molecule has 4 aromatic heterocycles. The number of rotatable bonds is 2. The zero-order valence-electron chi connectivity index (χ0n) is 29.2. The van der Waals surface area contributed by atoms with Crippen molar-refractivity contribution in [2.24, 2.45) is 0 Å². The van der Waals surface area contributed by atoms with Gasteiger partial charge < -0.3 is 8.83 Å². The Kier molecular flexibility index (Phi) is 5.57. The van der Waals surface area contributed by atoms with Gasteiger partial charge in [0.15, 0.2) is 11.2 Å². The normalized spacial score (nSPS) is 12.4. The highest BCUT2D eigenvalue weighted by atomic mass is 16.3. The van der Waals surface area contributed by atoms with Gasteiger partial charge in [0.2, 0.25) is 5.95 Å². The molecular weight excluding hydrogens is 675 g/mol. The van der Waals surface area contributed by atoms with E-state index in [1.807, 2.05) is 24.3 Å². The molecule has 254 valence electrons. The predicted molar refractivity (Wildman–Crippen MR) is 226 cm³/mol. The molecule has 5 nitrogen and oxygen atoms in total. The van der Waals surface area contributed by atoms with E-state index in [0.717, 1.165) is 93.0 Å². The van der Waals surface area contributed by atoms with Crippen LogP contribution in [0, 0.1) is 0 Å². The smallest absolute Gasteiger partial charge is 0.236 e. The molecule has 0 radical (unpaired) electrons. The molecule has 0 saturated heterocycles. The number of nitrogens with zero attached hydrogens (tertiary/aromatic N) is 3. The van der Waals surface area contributed by atoms with E-state index in [1.54, 1.807) is 0 Å². The molecule has 0 fully saturated rings. The number of para-hydroxylation sites is 2. The zero-order valence-corrected chi connectivity index (χ0v) is 29.2. The highest BCUT2D eigenvalue weighted by Crippen LogP contribution is 2.47. The van der Waals surface area contributed by atoms with Crippen molar-refractivity contribution in [1.82, 2.24) is 14.5 Å². The molecule has 0 bridgehead atoms. The third-order valence-electron chi connectivity index (χ3n) is 11.6. The molecule has 0 aliphatic heterocycles. The Bertz CT molecular complexity index is 3790. The van der Waals surface area contributed by atoms with E-state index in [-0.39, 0.29) is 0 Å². The van der Waals surface area contributed by atoms with Gasteiger partial charge in [-0.25, -0.2) is 9.97 Å². The maximum absolute atomic E-state index is 6.93. The molecule has 0 saturated carbocycles. The highest BCUT2D eigenvalue weighted by molar-refractivity contribution is 6.36. The van der Waals surface area contributed by atoms with Gasteiger partial charge in [-0.3, -0.25) is 4.57 Å². The fraction of sp³-hybridized carbons (Fsp3) is 0. The van der Waals surface area contributed by atoms with Crippen LogP contribution >= 0.6 is 0 Å². The van der Waals surface area contributed by atoms with E-state index in [1.165, 1.54) is 21.5 Å². The summed E-state index contributed by atoms with van der Waals surface area (Å²) in [4.78, 5) is 11.0. The van der Waals surface area contributed by atoms with Crippen LogP contribution in [0.1, 0.15) is 0 Å². The maximum Gasteiger partial charge on any atom is 0.236 e. The van der Waals surface area contributed by atoms with E-state index in [9.17, 15) is 0 Å². The van der Waals surface area contributed by atoms with Crippen molar-refractivity contribution in [2.45, 2.75) is 0 Å². The molecule has 0 atom stereocenters. The average Bonchev–Trinajstić information content (AvgIpc) is 3.93. The number of hydrogen-bond donors (Lipinski definition) is 0. The first kappa shape index (κ1) is 29.0. The molecule has 5 heteroatoms. The van der Waals surface area contributed by atoms with Crippen LogP contribution in [0.3, 0.4) is 0 Å². The van der Waals surface area contributed by atoms with Gasteiger partial charge in [-0.15, -0.1) is 0 Å². The highest BCUT2D eigenvalue weighted by Gasteiger charge is 2.27. The van der Waals surface area contributed by atoms with Crippen molar-refractivity contribution in [1.29, 1.82) is 0 Å². The van der Waals surface area contributed by atoms with Crippen molar-refractivity contribution in [3.05, 3.63) is 164 Å². The Labute approximate surface area is 312 Å². The standard InChI is InChI=1S/C50H27N3O2/c1-3-13-32-28(11-1)21-22-30-23-24-31(27-39(30)32)44-49-45(37-18-8-10-20-41(37)55-49)52-50(51-44)53-46-33-14-4-2-12-29(33)25-26-38(46)42-34-15-5-6-16-35(34)43-36-17-7-9-19-40(36)54-48(43)47(42)53/h1-27H. The second-order valence-electron chi connectivity index (χ2n) is 14.5. The Hall–Kier alpha value is -7.50. The Morgan fingerprint density at radius 3 is 1.75 bits per heavy atom. The number of furan rings is 2. The van der Waals surface area contributed by atoms with Crippen molar-refractivity contribution >= 4 is 109 Å². The van der Waals surface area contributed by atoms with E-state index >= 15 is 0 Å². The van der Waals surface area contributed by atoms with Crippen molar-refractivity contribution in [2.75, 3.05) is 0 Å². The second-order valence-corrected chi connectivity index (χ2v) is 14.5. The minimum Gasteiger partial charge on any atom is -0.454 e. The summed E-state index contributed by atoms with van der Waals surface area (Å²) in [7, 11) is 0. The van der Waals surface area contributed by atoms with Crippen molar-refractivity contribution in [3.63, 3.8) is 0 Å². The fourth-order valence-corrected chi connectivity index (χ4v) is 9.16. The van der Waals surface area contributed by atoms with E-state index in [0.29, 0.717) is 11.5 Å². The van der Waals surface area contributed by atoms with Gasteiger partial charge in [0.05, 0.1) is 5.52 Å². The summed E-state index contributed by atoms with van der Waals surface area (Å²) in [5, 5.41) is 14.6. The van der Waals surface area contributed by atoms with E-state index in [2.05, 4.69) is 144 Å². The maximum atomic E-state index is 6.93. The lowest BCUT2D eigenvalue weighted by Gasteiger charge is -2.12. The summed E-state index contributed by atoms with van der Waals surface area (Å²) in [6, 6.07) is 57.7. The van der Waals surface area contributed by atoms with Crippen LogP contribution in [-0.2, 0) is 0 Å². The first-order chi connectivity index (χ1) is 27.3. The molecule has 55 heavy (non-hydrogen) atoms. The van der Waals surface area contributed by atoms with Gasteiger partial charge in [0.1, 0.15) is 27.9 Å². The van der Waals surface area contributed by atoms with Gasteiger partial charge in [0.25, 0.3) is 0 Å². The van der Waals surface area contributed by atoms with Gasteiger partial charge in [-0.2, -0.15) is 0 Å². The SMILES string of the molecule is c1ccc2c(c1)ccc1ccc(-c3nc(-n4c5c6ccccc6ccc5c5c6ccccc6c6c7ccccc7oc6c54)nc4c3oc3ccccc34)cc12. The van der Waals surface area contributed by atoms with Gasteiger partial charge in [-0.05, 0) is 62.0 Å². The van der Waals surface area contributed by atoms with Crippen LogP contribution < -0.4 is 0 Å². The summed E-state index contributed by atoms with van der Waals surface area (Å²) in [6.45, 7) is 0. The lowest BCUT2D eigenvalue weighted by Crippen LogP contribution is -2.03. The summed E-state index contributed by atoms with van der Waals surface area (Å²) < 4.78 is 15.9. The molecule has 0 unspecified atom stereocenters.